The number of carboxylic acids is 2. The molecule has 1 aliphatic carbocycles. The fourth-order valence-electron chi connectivity index (χ4n) is 3.43. The lowest BCUT2D eigenvalue weighted by atomic mass is 9.84. The van der Waals surface area contributed by atoms with E-state index in [-0.39, 0.29) is 10.9 Å². The highest BCUT2D eigenvalue weighted by Gasteiger charge is 2.29. The first-order valence-electron chi connectivity index (χ1n) is 10.1. The molecular formula is C26H24O4S. The minimum atomic E-state index is -1.31. The Kier molecular flexibility index (Phi) is 8.07. The Morgan fingerprint density at radius 2 is 1.19 bits per heavy atom. The van der Waals surface area contributed by atoms with Crippen molar-refractivity contribution < 1.29 is 19.8 Å². The van der Waals surface area contributed by atoms with Gasteiger partial charge in [-0.3, -0.25) is 4.79 Å². The highest BCUT2D eigenvalue weighted by molar-refractivity contribution is 7.97. The van der Waals surface area contributed by atoms with Crippen LogP contribution in [-0.2, 0) is 20.5 Å². The number of carbonyl (C=O) groups excluding carboxylic acids is 1. The zero-order valence-electron chi connectivity index (χ0n) is 17.0. The summed E-state index contributed by atoms with van der Waals surface area (Å²) in [6.07, 6.45) is 4.09. The smallest absolute Gasteiger partial charge is 0.307 e. The normalized spacial score (nSPS) is 17.5. The van der Waals surface area contributed by atoms with Gasteiger partial charge in [-0.25, -0.2) is 0 Å². The van der Waals surface area contributed by atoms with Crippen LogP contribution in [0.15, 0.2) is 118 Å². The lowest BCUT2D eigenvalue weighted by molar-refractivity contribution is -0.311. The molecule has 2 atom stereocenters. The molecule has 158 valence electrons. The third kappa shape index (κ3) is 6.09. The fourth-order valence-corrected chi connectivity index (χ4v) is 5.53. The van der Waals surface area contributed by atoms with Gasteiger partial charge < -0.3 is 15.0 Å². The number of aliphatic carboxylic acids is 2. The molecule has 0 aromatic heterocycles. The van der Waals surface area contributed by atoms with Gasteiger partial charge in [0.15, 0.2) is 14.7 Å². The molecule has 0 fully saturated rings. The van der Waals surface area contributed by atoms with Crippen LogP contribution in [0.1, 0.15) is 12.8 Å². The van der Waals surface area contributed by atoms with Gasteiger partial charge in [-0.2, -0.15) is 0 Å². The fraction of sp³-hybridized carbons (Fsp3) is 0.154. The van der Waals surface area contributed by atoms with Crippen molar-refractivity contribution in [1.29, 1.82) is 0 Å². The van der Waals surface area contributed by atoms with E-state index in [2.05, 4.69) is 91.0 Å². The Morgan fingerprint density at radius 1 is 0.774 bits per heavy atom. The van der Waals surface area contributed by atoms with E-state index in [1.807, 2.05) is 0 Å². The zero-order chi connectivity index (χ0) is 22.1. The van der Waals surface area contributed by atoms with Gasteiger partial charge in [0.05, 0.1) is 16.8 Å². The Labute approximate surface area is 185 Å². The van der Waals surface area contributed by atoms with E-state index in [9.17, 15) is 14.7 Å². The van der Waals surface area contributed by atoms with Crippen molar-refractivity contribution in [3.05, 3.63) is 103 Å². The molecule has 1 aliphatic rings. The van der Waals surface area contributed by atoms with E-state index in [0.29, 0.717) is 12.8 Å². The number of carboxylic acid groups (broad SMARTS) is 2. The molecular weight excluding hydrogens is 408 g/mol. The van der Waals surface area contributed by atoms with Crippen LogP contribution in [-0.4, -0.2) is 17.0 Å². The summed E-state index contributed by atoms with van der Waals surface area (Å²) in [5.41, 5.74) is 0. The molecule has 0 heterocycles. The van der Waals surface area contributed by atoms with Crippen LogP contribution < -0.4 is 5.11 Å². The summed E-state index contributed by atoms with van der Waals surface area (Å²) in [5, 5.41) is 19.1. The number of carbonyl (C=O) groups is 2. The predicted molar refractivity (Wildman–Crippen MR) is 119 cm³/mol. The molecule has 0 saturated carbocycles. The first-order chi connectivity index (χ1) is 15.1. The molecule has 0 amide bonds. The highest BCUT2D eigenvalue weighted by atomic mass is 32.2. The Bertz CT molecular complexity index is 909. The average molecular weight is 433 g/mol. The number of allylic oxidation sites excluding steroid dienone is 1. The Hall–Kier alpha value is -3.31. The van der Waals surface area contributed by atoms with Crippen LogP contribution >= 0.6 is 0 Å². The van der Waals surface area contributed by atoms with Crippen LogP contribution in [0.5, 0.6) is 0 Å². The van der Waals surface area contributed by atoms with E-state index in [0.717, 1.165) is 0 Å². The molecule has 0 radical (unpaired) electrons. The van der Waals surface area contributed by atoms with E-state index in [4.69, 9.17) is 5.11 Å². The summed E-state index contributed by atoms with van der Waals surface area (Å²) in [6, 6.07) is 32.2. The summed E-state index contributed by atoms with van der Waals surface area (Å²) in [5.74, 6) is -4.15. The molecule has 0 spiro atoms. The maximum Gasteiger partial charge on any atom is 0.307 e. The Morgan fingerprint density at radius 3 is 1.52 bits per heavy atom. The summed E-state index contributed by atoms with van der Waals surface area (Å²) >= 11 is 0. The van der Waals surface area contributed by atoms with Gasteiger partial charge in [0, 0.05) is 11.9 Å². The minimum Gasteiger partial charge on any atom is -0.549 e. The maximum atomic E-state index is 10.5. The number of benzene rings is 3. The van der Waals surface area contributed by atoms with Crippen molar-refractivity contribution in [3.63, 3.8) is 0 Å². The van der Waals surface area contributed by atoms with Crippen molar-refractivity contribution in [3.8, 4) is 0 Å². The molecule has 3 aromatic rings. The lowest BCUT2D eigenvalue weighted by Crippen LogP contribution is -2.38. The lowest BCUT2D eigenvalue weighted by Gasteiger charge is -2.24. The molecule has 5 heteroatoms. The van der Waals surface area contributed by atoms with E-state index >= 15 is 0 Å². The van der Waals surface area contributed by atoms with Crippen LogP contribution in [0.2, 0.25) is 0 Å². The monoisotopic (exact) mass is 432 g/mol. The van der Waals surface area contributed by atoms with E-state index < -0.39 is 23.8 Å². The molecule has 3 aromatic carbocycles. The molecule has 0 saturated heterocycles. The quantitative estimate of drug-likeness (QED) is 0.485. The number of hydrogen-bond donors (Lipinski definition) is 1. The van der Waals surface area contributed by atoms with Crippen molar-refractivity contribution in [2.45, 2.75) is 27.5 Å². The predicted octanol–water partition coefficient (Wildman–Crippen LogP) is 4.19. The SMILES string of the molecule is O=C([O-])C1C=CCCC1C(=O)O.c1ccc([S+](c2ccccc2)c2ccccc2)cc1. The third-order valence-electron chi connectivity index (χ3n) is 4.95. The first-order valence-corrected chi connectivity index (χ1v) is 11.3. The number of hydrogen-bond acceptors (Lipinski definition) is 3. The minimum absolute atomic E-state index is 0.0146. The summed E-state index contributed by atoms with van der Waals surface area (Å²) < 4.78 is 0. The van der Waals surface area contributed by atoms with Crippen LogP contribution in [0.4, 0.5) is 0 Å². The number of rotatable bonds is 5. The van der Waals surface area contributed by atoms with Gasteiger partial charge in [-0.1, -0.05) is 66.7 Å². The van der Waals surface area contributed by atoms with Crippen molar-refractivity contribution in [2.75, 3.05) is 0 Å². The third-order valence-corrected chi connectivity index (χ3v) is 7.18. The summed E-state index contributed by atoms with van der Waals surface area (Å²) in [7, 11) is -0.0146. The molecule has 2 unspecified atom stereocenters. The maximum absolute atomic E-state index is 10.5. The standard InChI is InChI=1S/C18H15S.C8H10O4/c1-4-10-16(11-5-1)19(17-12-6-2-7-13-17)18-14-8-3-9-15-18;9-7(10)5-3-1-2-4-6(5)8(11)12/h1-15H;1,3,5-6H,2,4H2,(H,9,10)(H,11,12)/q+1;/p-1. The van der Waals surface area contributed by atoms with Gasteiger partial charge in [0.25, 0.3) is 0 Å². The van der Waals surface area contributed by atoms with Crippen LogP contribution in [0.3, 0.4) is 0 Å². The molecule has 0 bridgehead atoms. The first kappa shape index (κ1) is 22.4. The average Bonchev–Trinajstić information content (AvgIpc) is 2.82. The van der Waals surface area contributed by atoms with Gasteiger partial charge in [0.2, 0.25) is 0 Å². The van der Waals surface area contributed by atoms with Crippen LogP contribution in [0.25, 0.3) is 0 Å². The van der Waals surface area contributed by atoms with Gasteiger partial charge >= 0.3 is 5.97 Å². The largest absolute Gasteiger partial charge is 0.549 e. The molecule has 1 N–H and O–H groups in total. The van der Waals surface area contributed by atoms with Crippen LogP contribution in [0, 0.1) is 11.8 Å². The molecule has 0 aliphatic heterocycles. The summed E-state index contributed by atoms with van der Waals surface area (Å²) in [6.45, 7) is 0. The van der Waals surface area contributed by atoms with E-state index in [1.54, 1.807) is 6.08 Å². The Balaban J connectivity index is 0.000000196. The van der Waals surface area contributed by atoms with Crippen molar-refractivity contribution >= 4 is 22.8 Å². The van der Waals surface area contributed by atoms with E-state index in [1.165, 1.54) is 20.8 Å². The highest BCUT2D eigenvalue weighted by Crippen LogP contribution is 2.30. The van der Waals surface area contributed by atoms with Crippen molar-refractivity contribution in [1.82, 2.24) is 0 Å². The second kappa shape index (κ2) is 11.2. The second-order valence-corrected chi connectivity index (χ2v) is 9.07. The van der Waals surface area contributed by atoms with Crippen molar-refractivity contribution in [2.24, 2.45) is 11.8 Å². The molecule has 31 heavy (non-hydrogen) atoms. The zero-order valence-corrected chi connectivity index (χ0v) is 17.8. The van der Waals surface area contributed by atoms with Gasteiger partial charge in [-0.15, -0.1) is 0 Å². The molecule has 4 rings (SSSR count). The molecule has 4 nitrogen and oxygen atoms in total. The van der Waals surface area contributed by atoms with Gasteiger partial charge in [-0.05, 0) is 49.2 Å². The van der Waals surface area contributed by atoms with Gasteiger partial charge in [0.1, 0.15) is 0 Å². The second-order valence-electron chi connectivity index (χ2n) is 7.04. The topological polar surface area (TPSA) is 77.4 Å². The summed E-state index contributed by atoms with van der Waals surface area (Å²) in [4.78, 5) is 25.1.